The molecule has 1 aliphatic carbocycles. The Bertz CT molecular complexity index is 556. The van der Waals surface area contributed by atoms with Crippen LogP contribution in [0.2, 0.25) is 0 Å². The van der Waals surface area contributed by atoms with Crippen molar-refractivity contribution in [3.63, 3.8) is 0 Å². The second kappa shape index (κ2) is 8.21. The Morgan fingerprint density at radius 1 is 1.33 bits per heavy atom. The lowest BCUT2D eigenvalue weighted by Crippen LogP contribution is -2.35. The lowest BCUT2D eigenvalue weighted by Gasteiger charge is -2.23. The minimum Gasteiger partial charge on any atom is -0.491 e. The van der Waals surface area contributed by atoms with Gasteiger partial charge in [-0.05, 0) is 55.3 Å². The molecule has 134 valence electrons. The van der Waals surface area contributed by atoms with Gasteiger partial charge in [-0.25, -0.2) is 0 Å². The molecule has 4 nitrogen and oxygen atoms in total. The van der Waals surface area contributed by atoms with Crippen molar-refractivity contribution in [1.29, 1.82) is 0 Å². The molecular formula is C19H29ClN2O2. The van der Waals surface area contributed by atoms with Gasteiger partial charge in [0.15, 0.2) is 0 Å². The average molecular weight is 353 g/mol. The molecule has 1 saturated heterocycles. The molecule has 1 saturated carbocycles. The fourth-order valence-electron chi connectivity index (χ4n) is 3.74. The van der Waals surface area contributed by atoms with E-state index in [-0.39, 0.29) is 24.2 Å². The molecule has 0 radical (unpaired) electrons. The zero-order valence-corrected chi connectivity index (χ0v) is 15.5. The number of benzene rings is 1. The van der Waals surface area contributed by atoms with Crippen LogP contribution in [0.25, 0.3) is 0 Å². The molecule has 1 spiro atoms. The van der Waals surface area contributed by atoms with Crippen LogP contribution < -0.4 is 15.4 Å². The van der Waals surface area contributed by atoms with Gasteiger partial charge in [-0.3, -0.25) is 4.79 Å². The molecule has 2 fully saturated rings. The van der Waals surface area contributed by atoms with Gasteiger partial charge in [-0.2, -0.15) is 0 Å². The second-order valence-corrected chi connectivity index (χ2v) is 7.20. The summed E-state index contributed by atoms with van der Waals surface area (Å²) in [5.41, 5.74) is 1.52. The van der Waals surface area contributed by atoms with Crippen LogP contribution in [0.4, 0.5) is 0 Å². The first-order valence-electron chi connectivity index (χ1n) is 8.82. The predicted octanol–water partition coefficient (Wildman–Crippen LogP) is 3.12. The zero-order valence-electron chi connectivity index (χ0n) is 14.6. The van der Waals surface area contributed by atoms with Gasteiger partial charge >= 0.3 is 0 Å². The summed E-state index contributed by atoms with van der Waals surface area (Å²) in [6.45, 7) is 7.54. The molecule has 1 heterocycles. The first-order valence-corrected chi connectivity index (χ1v) is 8.82. The number of carbonyl (C=O) groups is 1. The lowest BCUT2D eigenvalue weighted by molar-refractivity contribution is -0.123. The molecule has 1 unspecified atom stereocenters. The van der Waals surface area contributed by atoms with Crippen LogP contribution in [0.1, 0.15) is 44.6 Å². The van der Waals surface area contributed by atoms with Gasteiger partial charge in [-0.15, -0.1) is 12.4 Å². The topological polar surface area (TPSA) is 50.4 Å². The number of carbonyl (C=O) groups excluding carboxylic acids is 1. The summed E-state index contributed by atoms with van der Waals surface area (Å²) >= 11 is 0. The number of halogens is 1. The van der Waals surface area contributed by atoms with Crippen molar-refractivity contribution in [3.05, 3.63) is 29.8 Å². The van der Waals surface area contributed by atoms with E-state index in [2.05, 4.69) is 30.5 Å². The van der Waals surface area contributed by atoms with Crippen molar-refractivity contribution in [2.75, 3.05) is 26.2 Å². The van der Waals surface area contributed by atoms with Crippen LogP contribution in [-0.4, -0.2) is 32.1 Å². The number of hydrogen-bond acceptors (Lipinski definition) is 3. The second-order valence-electron chi connectivity index (χ2n) is 7.20. The molecule has 5 heteroatoms. The summed E-state index contributed by atoms with van der Waals surface area (Å²) in [6, 6.07) is 8.13. The lowest BCUT2D eigenvalue weighted by atomic mass is 9.92. The van der Waals surface area contributed by atoms with E-state index in [4.69, 9.17) is 4.74 Å². The summed E-state index contributed by atoms with van der Waals surface area (Å²) < 4.78 is 5.86. The minimum atomic E-state index is 0. The molecule has 0 aromatic heterocycles. The number of hydrogen-bond donors (Lipinski definition) is 2. The maximum Gasteiger partial charge on any atom is 0.223 e. The molecule has 3 rings (SSSR count). The summed E-state index contributed by atoms with van der Waals surface area (Å²) in [4.78, 5) is 12.3. The fraction of sp³-hybridized carbons (Fsp3) is 0.632. The molecule has 0 bridgehead atoms. The maximum absolute atomic E-state index is 12.3. The van der Waals surface area contributed by atoms with Crippen molar-refractivity contribution in [1.82, 2.24) is 10.6 Å². The van der Waals surface area contributed by atoms with Gasteiger partial charge in [-0.1, -0.05) is 32.0 Å². The van der Waals surface area contributed by atoms with Crippen molar-refractivity contribution < 1.29 is 9.53 Å². The standard InChI is InChI=1S/C19H28N2O2.ClH/c1-14(2)15-5-3-4-6-17(15)23-12-11-21-18(22)16-13-19(16)7-9-20-10-8-19;/h3-6,14,16,20H,7-13H2,1-2H3,(H,21,22);1H. The van der Waals surface area contributed by atoms with E-state index in [1.54, 1.807) is 0 Å². The quantitative estimate of drug-likeness (QED) is 0.773. The van der Waals surface area contributed by atoms with Crippen molar-refractivity contribution >= 4 is 18.3 Å². The third kappa shape index (κ3) is 4.22. The summed E-state index contributed by atoms with van der Waals surface area (Å²) in [7, 11) is 0. The Morgan fingerprint density at radius 3 is 2.75 bits per heavy atom. The fourth-order valence-corrected chi connectivity index (χ4v) is 3.74. The molecule has 2 aliphatic rings. The van der Waals surface area contributed by atoms with Gasteiger partial charge in [0, 0.05) is 5.92 Å². The first kappa shape index (κ1) is 19.1. The predicted molar refractivity (Wildman–Crippen MR) is 98.9 cm³/mol. The van der Waals surface area contributed by atoms with E-state index in [9.17, 15) is 4.79 Å². The number of rotatable bonds is 6. The molecule has 1 aliphatic heterocycles. The van der Waals surface area contributed by atoms with E-state index in [1.165, 1.54) is 5.56 Å². The van der Waals surface area contributed by atoms with Crippen LogP contribution in [0.3, 0.4) is 0 Å². The SMILES string of the molecule is CC(C)c1ccccc1OCCNC(=O)C1CC12CCNCC2.Cl. The highest BCUT2D eigenvalue weighted by atomic mass is 35.5. The van der Waals surface area contributed by atoms with Crippen LogP contribution in [0.15, 0.2) is 24.3 Å². The van der Waals surface area contributed by atoms with Gasteiger partial charge < -0.3 is 15.4 Å². The smallest absolute Gasteiger partial charge is 0.223 e. The Labute approximate surface area is 151 Å². The Hall–Kier alpha value is -1.26. The highest BCUT2D eigenvalue weighted by molar-refractivity contribution is 5.85. The number of nitrogens with one attached hydrogen (secondary N) is 2. The van der Waals surface area contributed by atoms with Crippen LogP contribution in [0, 0.1) is 11.3 Å². The number of ether oxygens (including phenoxy) is 1. The molecule has 24 heavy (non-hydrogen) atoms. The third-order valence-electron chi connectivity index (χ3n) is 5.31. The number of amides is 1. The average Bonchev–Trinajstić information content (AvgIpc) is 3.25. The number of para-hydroxylation sites is 1. The highest BCUT2D eigenvalue weighted by Gasteiger charge is 2.57. The van der Waals surface area contributed by atoms with Crippen molar-refractivity contribution in [2.24, 2.45) is 11.3 Å². The van der Waals surface area contributed by atoms with E-state index < -0.39 is 0 Å². The van der Waals surface area contributed by atoms with Gasteiger partial charge in [0.25, 0.3) is 0 Å². The number of piperidine rings is 1. The normalized spacial score (nSPS) is 21.2. The van der Waals surface area contributed by atoms with E-state index in [0.29, 0.717) is 24.5 Å². The van der Waals surface area contributed by atoms with Crippen LogP contribution in [0.5, 0.6) is 5.75 Å². The molecule has 1 aromatic rings. The highest BCUT2D eigenvalue weighted by Crippen LogP contribution is 2.58. The molecule has 1 atom stereocenters. The zero-order chi connectivity index (χ0) is 16.3. The summed E-state index contributed by atoms with van der Waals surface area (Å²) in [6.07, 6.45) is 3.35. The Kier molecular flexibility index (Phi) is 6.53. The van der Waals surface area contributed by atoms with Crippen molar-refractivity contribution in [3.8, 4) is 5.75 Å². The summed E-state index contributed by atoms with van der Waals surface area (Å²) in [5.74, 6) is 1.81. The van der Waals surface area contributed by atoms with Crippen LogP contribution >= 0.6 is 12.4 Å². The minimum absolute atomic E-state index is 0. The molecule has 2 N–H and O–H groups in total. The Balaban J connectivity index is 0.00000208. The maximum atomic E-state index is 12.3. The largest absolute Gasteiger partial charge is 0.491 e. The van der Waals surface area contributed by atoms with E-state index >= 15 is 0 Å². The van der Waals surface area contributed by atoms with Crippen molar-refractivity contribution in [2.45, 2.75) is 39.0 Å². The van der Waals surface area contributed by atoms with Gasteiger partial charge in [0.1, 0.15) is 12.4 Å². The third-order valence-corrected chi connectivity index (χ3v) is 5.31. The first-order chi connectivity index (χ1) is 11.1. The van der Waals surface area contributed by atoms with Gasteiger partial charge in [0.05, 0.1) is 6.54 Å². The molecule has 1 aromatic carbocycles. The van der Waals surface area contributed by atoms with Gasteiger partial charge in [0.2, 0.25) is 5.91 Å². The van der Waals surface area contributed by atoms with E-state index in [1.807, 2.05) is 18.2 Å². The molecule has 1 amide bonds. The van der Waals surface area contributed by atoms with Crippen LogP contribution in [-0.2, 0) is 4.79 Å². The Morgan fingerprint density at radius 2 is 2.04 bits per heavy atom. The summed E-state index contributed by atoms with van der Waals surface area (Å²) in [5, 5.41) is 6.42. The molecular weight excluding hydrogens is 324 g/mol. The monoisotopic (exact) mass is 352 g/mol. The van der Waals surface area contributed by atoms with E-state index in [0.717, 1.165) is 38.1 Å².